The number of carbonyl (C=O) groups is 1. The van der Waals surface area contributed by atoms with E-state index in [-0.39, 0.29) is 12.1 Å². The van der Waals surface area contributed by atoms with Crippen molar-refractivity contribution in [3.63, 3.8) is 0 Å². The molecule has 0 saturated heterocycles. The highest BCUT2D eigenvalue weighted by Crippen LogP contribution is 2.32. The highest BCUT2D eigenvalue weighted by Gasteiger charge is 2.32. The van der Waals surface area contributed by atoms with Crippen LogP contribution in [0.5, 0.6) is 0 Å². The first-order valence-corrected chi connectivity index (χ1v) is 10.6. The molecule has 1 unspecified atom stereocenters. The van der Waals surface area contributed by atoms with E-state index in [1.54, 1.807) is 6.92 Å². The fourth-order valence-electron chi connectivity index (χ4n) is 3.30. The summed E-state index contributed by atoms with van der Waals surface area (Å²) in [6.45, 7) is 6.09. The molecule has 1 fully saturated rings. The number of amides is 1. The summed E-state index contributed by atoms with van der Waals surface area (Å²) in [6, 6.07) is 10.1. The van der Waals surface area contributed by atoms with Crippen molar-refractivity contribution in [2.75, 3.05) is 26.7 Å². The Labute approximate surface area is 178 Å². The largest absolute Gasteiger partial charge is 0.450 e. The number of hydrogen-bond donors (Lipinski definition) is 3. The van der Waals surface area contributed by atoms with Gasteiger partial charge in [0, 0.05) is 13.6 Å². The van der Waals surface area contributed by atoms with Crippen LogP contribution >= 0.6 is 0 Å². The van der Waals surface area contributed by atoms with Gasteiger partial charge in [0.05, 0.1) is 37.6 Å². The fraction of sp³-hybridized carbons (Fsp3) is 0.500. The van der Waals surface area contributed by atoms with Crippen LogP contribution in [0.3, 0.4) is 0 Å². The third kappa shape index (κ3) is 6.23. The zero-order valence-electron chi connectivity index (χ0n) is 18.0. The number of alkyl carbamates (subject to hydrolysis) is 1. The van der Waals surface area contributed by atoms with Crippen molar-refractivity contribution in [3.8, 4) is 11.3 Å². The first-order chi connectivity index (χ1) is 14.6. The van der Waals surface area contributed by atoms with Crippen LogP contribution in [0.1, 0.15) is 32.5 Å². The summed E-state index contributed by atoms with van der Waals surface area (Å²) < 4.78 is 5.03. The number of aliphatic imine (C=N–C) groups is 1. The normalized spacial score (nSPS) is 14.8. The SMILES string of the molecule is CCNC(=NCC(NC(=O)OCC)C1CC1)N(C)Cc1ncc(-c2ccccc2)[nH]1. The Morgan fingerprint density at radius 1 is 1.33 bits per heavy atom. The maximum Gasteiger partial charge on any atom is 0.407 e. The molecule has 1 amide bonds. The number of guanidine groups is 1. The number of nitrogens with zero attached hydrogens (tertiary/aromatic N) is 3. The molecule has 1 atom stereocenters. The average molecular weight is 413 g/mol. The quantitative estimate of drug-likeness (QED) is 0.435. The van der Waals surface area contributed by atoms with Crippen LogP contribution in [0.2, 0.25) is 0 Å². The summed E-state index contributed by atoms with van der Waals surface area (Å²) >= 11 is 0. The zero-order chi connectivity index (χ0) is 21.3. The monoisotopic (exact) mass is 412 g/mol. The first kappa shape index (κ1) is 21.7. The third-order valence-corrected chi connectivity index (χ3v) is 5.00. The van der Waals surface area contributed by atoms with E-state index in [9.17, 15) is 4.79 Å². The van der Waals surface area contributed by atoms with E-state index in [4.69, 9.17) is 9.73 Å². The number of ether oxygens (including phenoxy) is 1. The van der Waals surface area contributed by atoms with Crippen LogP contribution in [0.4, 0.5) is 4.79 Å². The van der Waals surface area contributed by atoms with Crippen molar-refractivity contribution in [2.45, 2.75) is 39.3 Å². The van der Waals surface area contributed by atoms with Crippen molar-refractivity contribution in [1.29, 1.82) is 0 Å². The standard InChI is InChI=1S/C22H32N6O2/c1-4-23-21(25-14-19(17-11-12-17)27-22(29)30-5-2)28(3)15-20-24-13-18(26-20)16-9-7-6-8-10-16/h6-10,13,17,19H,4-5,11-12,14-15H2,1-3H3,(H,23,25)(H,24,26)(H,27,29). The number of aromatic nitrogens is 2. The Kier molecular flexibility index (Phi) is 7.70. The van der Waals surface area contributed by atoms with E-state index in [0.29, 0.717) is 25.6 Å². The van der Waals surface area contributed by atoms with Crippen molar-refractivity contribution in [1.82, 2.24) is 25.5 Å². The number of nitrogens with one attached hydrogen (secondary N) is 3. The van der Waals surface area contributed by atoms with Crippen molar-refractivity contribution >= 4 is 12.1 Å². The molecule has 1 aliphatic rings. The number of carbonyl (C=O) groups excluding carboxylic acids is 1. The molecule has 0 radical (unpaired) electrons. The molecule has 0 bridgehead atoms. The molecule has 3 N–H and O–H groups in total. The fourth-order valence-corrected chi connectivity index (χ4v) is 3.30. The summed E-state index contributed by atoms with van der Waals surface area (Å²) in [7, 11) is 1.98. The second kappa shape index (κ2) is 10.7. The lowest BCUT2D eigenvalue weighted by atomic mass is 10.2. The van der Waals surface area contributed by atoms with Crippen LogP contribution in [-0.2, 0) is 11.3 Å². The molecule has 1 heterocycles. The molecule has 162 valence electrons. The van der Waals surface area contributed by atoms with Crippen LogP contribution in [-0.4, -0.2) is 59.7 Å². The number of aromatic amines is 1. The number of hydrogen-bond acceptors (Lipinski definition) is 4. The highest BCUT2D eigenvalue weighted by molar-refractivity contribution is 5.79. The van der Waals surface area contributed by atoms with Gasteiger partial charge in [0.15, 0.2) is 5.96 Å². The van der Waals surface area contributed by atoms with Gasteiger partial charge >= 0.3 is 6.09 Å². The molecule has 1 saturated carbocycles. The van der Waals surface area contributed by atoms with Gasteiger partial charge in [-0.1, -0.05) is 30.3 Å². The molecule has 3 rings (SSSR count). The van der Waals surface area contributed by atoms with Crippen molar-refractivity contribution in [3.05, 3.63) is 42.4 Å². The van der Waals surface area contributed by atoms with Gasteiger partial charge in [-0.25, -0.2) is 9.78 Å². The Bertz CT molecular complexity index is 831. The minimum Gasteiger partial charge on any atom is -0.450 e. The molecule has 0 spiro atoms. The highest BCUT2D eigenvalue weighted by atomic mass is 16.5. The third-order valence-electron chi connectivity index (χ3n) is 5.00. The summed E-state index contributed by atoms with van der Waals surface area (Å²) in [5, 5.41) is 6.28. The lowest BCUT2D eigenvalue weighted by Gasteiger charge is -2.22. The molecular formula is C22H32N6O2. The van der Waals surface area contributed by atoms with Gasteiger partial charge in [0.2, 0.25) is 0 Å². The maximum atomic E-state index is 11.8. The van der Waals surface area contributed by atoms with Crippen LogP contribution in [0, 0.1) is 5.92 Å². The number of benzene rings is 1. The van der Waals surface area contributed by atoms with Crippen LogP contribution in [0.25, 0.3) is 11.3 Å². The lowest BCUT2D eigenvalue weighted by Crippen LogP contribution is -2.42. The summed E-state index contributed by atoms with van der Waals surface area (Å²) in [6.07, 6.45) is 3.72. The number of rotatable bonds is 9. The van der Waals surface area contributed by atoms with Gasteiger partial charge in [-0.05, 0) is 38.2 Å². The zero-order valence-corrected chi connectivity index (χ0v) is 18.0. The molecule has 30 heavy (non-hydrogen) atoms. The second-order valence-electron chi connectivity index (χ2n) is 7.47. The summed E-state index contributed by atoms with van der Waals surface area (Å²) in [5.41, 5.74) is 2.10. The van der Waals surface area contributed by atoms with E-state index < -0.39 is 0 Å². The predicted molar refractivity (Wildman–Crippen MR) is 118 cm³/mol. The van der Waals surface area contributed by atoms with Gasteiger partial charge in [-0.15, -0.1) is 0 Å². The van der Waals surface area contributed by atoms with E-state index in [2.05, 4.69) is 32.7 Å². The van der Waals surface area contributed by atoms with Gasteiger partial charge in [-0.2, -0.15) is 0 Å². The molecular weight excluding hydrogens is 380 g/mol. The number of H-pyrrole nitrogens is 1. The molecule has 1 aromatic carbocycles. The van der Waals surface area contributed by atoms with Crippen molar-refractivity contribution < 1.29 is 9.53 Å². The average Bonchev–Trinajstić information content (AvgIpc) is 3.49. The Balaban J connectivity index is 1.63. The van der Waals surface area contributed by atoms with E-state index in [0.717, 1.165) is 42.4 Å². The van der Waals surface area contributed by atoms with Gasteiger partial charge < -0.3 is 25.3 Å². The molecule has 8 heteroatoms. The van der Waals surface area contributed by atoms with Crippen LogP contribution < -0.4 is 10.6 Å². The minimum atomic E-state index is -0.369. The number of imidazole rings is 1. The van der Waals surface area contributed by atoms with E-state index >= 15 is 0 Å². The van der Waals surface area contributed by atoms with Gasteiger partial charge in [0.25, 0.3) is 0 Å². The molecule has 2 aromatic rings. The van der Waals surface area contributed by atoms with Crippen LogP contribution in [0.15, 0.2) is 41.5 Å². The molecule has 8 nitrogen and oxygen atoms in total. The first-order valence-electron chi connectivity index (χ1n) is 10.6. The predicted octanol–water partition coefficient (Wildman–Crippen LogP) is 3.00. The van der Waals surface area contributed by atoms with Gasteiger partial charge in [-0.3, -0.25) is 4.99 Å². The smallest absolute Gasteiger partial charge is 0.407 e. The molecule has 1 aliphatic carbocycles. The van der Waals surface area contributed by atoms with E-state index in [1.807, 2.05) is 43.3 Å². The lowest BCUT2D eigenvalue weighted by molar-refractivity contribution is 0.147. The Morgan fingerprint density at radius 3 is 2.77 bits per heavy atom. The Hall–Kier alpha value is -3.03. The van der Waals surface area contributed by atoms with Gasteiger partial charge in [0.1, 0.15) is 5.82 Å². The maximum absolute atomic E-state index is 11.8. The molecule has 1 aromatic heterocycles. The summed E-state index contributed by atoms with van der Waals surface area (Å²) in [5.74, 6) is 2.13. The van der Waals surface area contributed by atoms with Crippen molar-refractivity contribution in [2.24, 2.45) is 10.9 Å². The minimum absolute atomic E-state index is 0.000554. The second-order valence-corrected chi connectivity index (χ2v) is 7.47. The topological polar surface area (TPSA) is 94.6 Å². The Morgan fingerprint density at radius 2 is 2.10 bits per heavy atom. The van der Waals surface area contributed by atoms with E-state index in [1.165, 1.54) is 0 Å². The summed E-state index contributed by atoms with van der Waals surface area (Å²) in [4.78, 5) is 26.5. The molecule has 0 aliphatic heterocycles.